The molecule has 2 aromatic heterocycles. The van der Waals surface area contributed by atoms with Crippen LogP contribution >= 0.6 is 0 Å². The number of fused-ring (bicyclic) bond motifs is 4. The van der Waals surface area contributed by atoms with Crippen molar-refractivity contribution in [3.05, 3.63) is 82.0 Å². The molecule has 1 unspecified atom stereocenters. The van der Waals surface area contributed by atoms with Crippen LogP contribution in [-0.2, 0) is 18.4 Å². The molecular weight excluding hydrogens is 392 g/mol. The van der Waals surface area contributed by atoms with Crippen LogP contribution in [0.4, 0.5) is 0 Å². The van der Waals surface area contributed by atoms with Crippen LogP contribution in [0.5, 0.6) is 5.75 Å². The monoisotopic (exact) mass is 412 g/mol. The van der Waals surface area contributed by atoms with E-state index < -0.39 is 11.5 Å². The number of pyridine rings is 1. The second-order valence-electron chi connectivity index (χ2n) is 7.97. The number of aromatic carboxylic acids is 1. The number of hydrogen-bond acceptors (Lipinski definition) is 4. The summed E-state index contributed by atoms with van der Waals surface area (Å²) in [7, 11) is 1.60. The molecule has 0 spiro atoms. The van der Waals surface area contributed by atoms with Crippen LogP contribution in [0.25, 0.3) is 26.8 Å². The van der Waals surface area contributed by atoms with Crippen molar-refractivity contribution in [3.8, 4) is 5.75 Å². The number of carboxylic acids is 1. The molecular formula is C25H20N2O4. The van der Waals surface area contributed by atoms with Crippen molar-refractivity contribution in [1.82, 2.24) is 4.98 Å². The second-order valence-corrected chi connectivity index (χ2v) is 7.97. The summed E-state index contributed by atoms with van der Waals surface area (Å²) in [4.78, 5) is 20.3. The Morgan fingerprint density at radius 1 is 1.29 bits per heavy atom. The van der Waals surface area contributed by atoms with E-state index >= 15 is 0 Å². The molecule has 1 N–H and O–H groups in total. The zero-order valence-electron chi connectivity index (χ0n) is 17.2. The Hall–Kier alpha value is -3.85. The first kappa shape index (κ1) is 19.1. The summed E-state index contributed by atoms with van der Waals surface area (Å²) in [5.74, 6) is -0.379. The van der Waals surface area contributed by atoms with Gasteiger partial charge in [-0.05, 0) is 43.2 Å². The fourth-order valence-electron chi connectivity index (χ4n) is 4.75. The van der Waals surface area contributed by atoms with Gasteiger partial charge in [0.15, 0.2) is 11.3 Å². The number of furan rings is 1. The largest absolute Gasteiger partial charge is 0.493 e. The first-order chi connectivity index (χ1) is 15.0. The zero-order chi connectivity index (χ0) is 21.8. The third kappa shape index (κ3) is 2.77. The maximum absolute atomic E-state index is 11.6. The molecule has 31 heavy (non-hydrogen) atoms. The van der Waals surface area contributed by atoms with E-state index in [1.807, 2.05) is 36.4 Å². The standard InChI is InChI=1S/C25H20N2O4/c1-14-17(24(28)29)12-15-13-25(26-2,11-10-19(15)27-14)18-8-9-21(30-3)23-22(18)16-6-4-5-7-20(16)31-23/h4-9,12H,10-11,13H2,1,3H3,(H,28,29). The number of carboxylic acid groups (broad SMARTS) is 1. The lowest BCUT2D eigenvalue weighted by atomic mass is 9.74. The average molecular weight is 412 g/mol. The number of ether oxygens (including phenoxy) is 1. The van der Waals surface area contributed by atoms with Crippen molar-refractivity contribution >= 4 is 27.9 Å². The third-order valence-electron chi connectivity index (χ3n) is 6.30. The van der Waals surface area contributed by atoms with Gasteiger partial charge in [-0.3, -0.25) is 4.98 Å². The molecule has 0 saturated carbocycles. The van der Waals surface area contributed by atoms with Gasteiger partial charge in [-0.1, -0.05) is 18.2 Å². The van der Waals surface area contributed by atoms with E-state index in [9.17, 15) is 9.90 Å². The van der Waals surface area contributed by atoms with Crippen LogP contribution in [0, 0.1) is 13.5 Å². The molecule has 0 bridgehead atoms. The number of carbonyl (C=O) groups is 1. The number of methoxy groups -OCH3 is 1. The molecule has 0 fully saturated rings. The summed E-state index contributed by atoms with van der Waals surface area (Å²) in [6.07, 6.45) is 1.62. The average Bonchev–Trinajstić information content (AvgIpc) is 3.17. The van der Waals surface area contributed by atoms with E-state index in [1.54, 1.807) is 20.1 Å². The van der Waals surface area contributed by atoms with E-state index in [1.165, 1.54) is 0 Å². The van der Waals surface area contributed by atoms with Crippen molar-refractivity contribution in [2.24, 2.45) is 0 Å². The summed E-state index contributed by atoms with van der Waals surface area (Å²) in [6, 6.07) is 13.3. The van der Waals surface area contributed by atoms with Gasteiger partial charge in [0.05, 0.1) is 24.8 Å². The highest BCUT2D eigenvalue weighted by molar-refractivity contribution is 6.09. The van der Waals surface area contributed by atoms with Gasteiger partial charge in [-0.25, -0.2) is 11.4 Å². The Balaban J connectivity index is 1.76. The summed E-state index contributed by atoms with van der Waals surface area (Å²) in [5.41, 5.74) is 3.81. The van der Waals surface area contributed by atoms with E-state index in [2.05, 4.69) is 9.83 Å². The van der Waals surface area contributed by atoms with E-state index in [4.69, 9.17) is 15.7 Å². The fraction of sp³-hybridized carbons (Fsp3) is 0.240. The number of para-hydroxylation sites is 1. The van der Waals surface area contributed by atoms with E-state index in [0.29, 0.717) is 36.3 Å². The molecule has 0 radical (unpaired) electrons. The van der Waals surface area contributed by atoms with Crippen LogP contribution in [-0.4, -0.2) is 23.2 Å². The minimum Gasteiger partial charge on any atom is -0.493 e. The van der Waals surface area contributed by atoms with Crippen molar-refractivity contribution < 1.29 is 19.1 Å². The molecule has 5 rings (SSSR count). The predicted octanol–water partition coefficient (Wildman–Crippen LogP) is 5.30. The molecule has 1 aliphatic carbocycles. The van der Waals surface area contributed by atoms with Crippen molar-refractivity contribution in [2.45, 2.75) is 31.7 Å². The zero-order valence-corrected chi connectivity index (χ0v) is 17.2. The quantitative estimate of drug-likeness (QED) is 0.462. The highest BCUT2D eigenvalue weighted by atomic mass is 16.5. The van der Waals surface area contributed by atoms with Gasteiger partial charge in [0, 0.05) is 28.5 Å². The molecule has 4 aromatic rings. The first-order valence-corrected chi connectivity index (χ1v) is 10.1. The van der Waals surface area contributed by atoms with Gasteiger partial charge in [0.25, 0.3) is 5.54 Å². The second kappa shape index (κ2) is 6.85. The highest BCUT2D eigenvalue weighted by Crippen LogP contribution is 2.47. The Morgan fingerprint density at radius 3 is 2.84 bits per heavy atom. The number of aryl methyl sites for hydroxylation is 2. The summed E-state index contributed by atoms with van der Waals surface area (Å²) >= 11 is 0. The Bertz CT molecular complexity index is 1410. The number of aromatic nitrogens is 1. The van der Waals surface area contributed by atoms with Gasteiger partial charge in [-0.15, -0.1) is 0 Å². The molecule has 0 amide bonds. The van der Waals surface area contributed by atoms with Crippen molar-refractivity contribution in [3.63, 3.8) is 0 Å². The van der Waals surface area contributed by atoms with Crippen LogP contribution in [0.1, 0.15) is 39.3 Å². The molecule has 0 saturated heterocycles. The minimum atomic E-state index is -1.00. The normalized spacial score (nSPS) is 18.0. The van der Waals surface area contributed by atoms with Crippen LogP contribution < -0.4 is 4.74 Å². The van der Waals surface area contributed by atoms with Crippen LogP contribution in [0.3, 0.4) is 0 Å². The number of rotatable bonds is 3. The van der Waals surface area contributed by atoms with Crippen LogP contribution in [0.2, 0.25) is 0 Å². The Labute approximate surface area is 178 Å². The van der Waals surface area contributed by atoms with Gasteiger partial charge in [0.2, 0.25) is 0 Å². The smallest absolute Gasteiger partial charge is 0.337 e. The molecule has 0 aliphatic heterocycles. The highest BCUT2D eigenvalue weighted by Gasteiger charge is 2.45. The topological polar surface area (TPSA) is 76.9 Å². The van der Waals surface area contributed by atoms with Crippen molar-refractivity contribution in [2.75, 3.05) is 7.11 Å². The molecule has 6 heteroatoms. The van der Waals surface area contributed by atoms with Crippen molar-refractivity contribution in [1.29, 1.82) is 0 Å². The van der Waals surface area contributed by atoms with E-state index in [0.717, 1.165) is 33.2 Å². The minimum absolute atomic E-state index is 0.188. The Kier molecular flexibility index (Phi) is 4.23. The van der Waals surface area contributed by atoms with Gasteiger partial charge in [-0.2, -0.15) is 0 Å². The molecule has 6 nitrogen and oxygen atoms in total. The number of benzene rings is 2. The molecule has 1 atom stereocenters. The lowest BCUT2D eigenvalue weighted by molar-refractivity contribution is 0.0695. The van der Waals surface area contributed by atoms with E-state index in [-0.39, 0.29) is 5.56 Å². The van der Waals surface area contributed by atoms with Gasteiger partial charge < -0.3 is 19.1 Å². The van der Waals surface area contributed by atoms with Gasteiger partial charge in [0.1, 0.15) is 5.58 Å². The molecule has 154 valence electrons. The third-order valence-corrected chi connectivity index (χ3v) is 6.30. The lowest BCUT2D eigenvalue weighted by Gasteiger charge is -2.29. The SMILES string of the molecule is [C-]#[N+]C1(c2ccc(OC)c3oc4ccccc4c23)CCc2nc(C)c(C(=O)O)cc2C1. The van der Waals surface area contributed by atoms with Crippen LogP contribution in [0.15, 0.2) is 46.9 Å². The van der Waals surface area contributed by atoms with Gasteiger partial charge >= 0.3 is 5.97 Å². The summed E-state index contributed by atoms with van der Waals surface area (Å²) in [6.45, 7) is 9.88. The molecule has 1 aliphatic rings. The lowest BCUT2D eigenvalue weighted by Crippen LogP contribution is -2.31. The predicted molar refractivity (Wildman–Crippen MR) is 117 cm³/mol. The first-order valence-electron chi connectivity index (χ1n) is 10.1. The molecule has 2 heterocycles. The summed E-state index contributed by atoms with van der Waals surface area (Å²) < 4.78 is 11.6. The fourth-order valence-corrected chi connectivity index (χ4v) is 4.75. The maximum atomic E-state index is 11.6. The number of hydrogen-bond donors (Lipinski definition) is 1. The summed E-state index contributed by atoms with van der Waals surface area (Å²) in [5, 5.41) is 11.4. The number of nitrogens with zero attached hydrogens (tertiary/aromatic N) is 2. The Morgan fingerprint density at radius 2 is 2.10 bits per heavy atom. The molecule has 2 aromatic carbocycles. The maximum Gasteiger partial charge on any atom is 0.337 e.